The summed E-state index contributed by atoms with van der Waals surface area (Å²) in [5.74, 6) is 1.58. The molecule has 2 aromatic rings. The molecule has 4 rings (SSSR count). The molecule has 2 aliphatic heterocycles. The number of pyridine rings is 1. The summed E-state index contributed by atoms with van der Waals surface area (Å²) in [7, 11) is 0. The number of nitrogens with one attached hydrogen (secondary N) is 1. The zero-order chi connectivity index (χ0) is 16.7. The van der Waals surface area contributed by atoms with Crippen LogP contribution in [0.3, 0.4) is 0 Å². The van der Waals surface area contributed by atoms with Gasteiger partial charge >= 0.3 is 0 Å². The van der Waals surface area contributed by atoms with Gasteiger partial charge < -0.3 is 15.2 Å². The Morgan fingerprint density at radius 1 is 1.21 bits per heavy atom. The van der Waals surface area contributed by atoms with Crippen molar-refractivity contribution in [2.75, 3.05) is 13.1 Å². The molecule has 1 aromatic heterocycles. The second-order valence-corrected chi connectivity index (χ2v) is 6.94. The van der Waals surface area contributed by atoms with E-state index >= 15 is 0 Å². The highest BCUT2D eigenvalue weighted by Crippen LogP contribution is 2.35. The largest absolute Gasteiger partial charge is 0.508 e. The quantitative estimate of drug-likeness (QED) is 0.908. The molecule has 3 heterocycles. The lowest BCUT2D eigenvalue weighted by Gasteiger charge is -2.41. The number of aromatic hydroxyl groups is 1. The van der Waals surface area contributed by atoms with Crippen molar-refractivity contribution >= 4 is 6.21 Å². The number of ether oxygens (including phenoxy) is 1. The highest BCUT2D eigenvalue weighted by atomic mass is 16.5. The van der Waals surface area contributed by atoms with Crippen molar-refractivity contribution in [3.8, 4) is 22.8 Å². The number of hydrogen-bond acceptors (Lipinski definition) is 5. The third-order valence-electron chi connectivity index (χ3n) is 4.86. The van der Waals surface area contributed by atoms with Gasteiger partial charge in [-0.25, -0.2) is 4.98 Å². The van der Waals surface area contributed by atoms with Crippen LogP contribution in [-0.4, -0.2) is 35.0 Å². The number of rotatable bonds is 4. The van der Waals surface area contributed by atoms with Gasteiger partial charge in [0.05, 0.1) is 23.5 Å². The highest BCUT2D eigenvalue weighted by Gasteiger charge is 2.36. The molecule has 0 radical (unpaired) electrons. The minimum atomic E-state index is -0.247. The third kappa shape index (κ3) is 2.65. The van der Waals surface area contributed by atoms with Crippen LogP contribution in [0.5, 0.6) is 11.5 Å². The molecule has 0 saturated carbocycles. The molecule has 0 amide bonds. The van der Waals surface area contributed by atoms with Crippen molar-refractivity contribution < 1.29 is 9.84 Å². The molecule has 0 spiro atoms. The molecule has 24 heavy (non-hydrogen) atoms. The number of aromatic nitrogens is 1. The van der Waals surface area contributed by atoms with Crippen molar-refractivity contribution in [2.24, 2.45) is 10.9 Å². The molecule has 5 heteroatoms. The van der Waals surface area contributed by atoms with E-state index in [1.165, 1.54) is 0 Å². The van der Waals surface area contributed by atoms with Gasteiger partial charge in [0.1, 0.15) is 17.1 Å². The van der Waals surface area contributed by atoms with Crippen molar-refractivity contribution in [1.29, 1.82) is 0 Å². The molecule has 1 fully saturated rings. The normalized spacial score (nSPS) is 16.8. The summed E-state index contributed by atoms with van der Waals surface area (Å²) in [5, 5.41) is 12.8. The standard InChI is InChI=1S/C19H21N3O2/c1-19(2,13-8-20-9-13)24-18-7-16(12-3-5-14(23)6-4-12)22-17-11-21-10-15(17)18/h3-7,10,13,20,23H,8-9,11H2,1-2H3. The first-order valence-electron chi connectivity index (χ1n) is 8.26. The van der Waals surface area contributed by atoms with Crippen LogP contribution >= 0.6 is 0 Å². The summed E-state index contributed by atoms with van der Waals surface area (Å²) < 4.78 is 6.41. The Balaban J connectivity index is 1.72. The van der Waals surface area contributed by atoms with Gasteiger partial charge in [-0.05, 0) is 38.1 Å². The van der Waals surface area contributed by atoms with Crippen molar-refractivity contribution in [2.45, 2.75) is 26.0 Å². The predicted molar refractivity (Wildman–Crippen MR) is 93.7 cm³/mol. The first kappa shape index (κ1) is 15.1. The van der Waals surface area contributed by atoms with Gasteiger partial charge in [-0.15, -0.1) is 0 Å². The summed E-state index contributed by atoms with van der Waals surface area (Å²) in [5.41, 5.74) is 3.48. The molecule has 2 N–H and O–H groups in total. The minimum absolute atomic E-state index is 0.247. The molecular weight excluding hydrogens is 302 g/mol. The molecular formula is C19H21N3O2. The van der Waals surface area contributed by atoms with Gasteiger partial charge in [-0.3, -0.25) is 4.99 Å². The van der Waals surface area contributed by atoms with Crippen LogP contribution in [-0.2, 0) is 6.54 Å². The maximum absolute atomic E-state index is 9.49. The van der Waals surface area contributed by atoms with Crippen LogP contribution in [0.15, 0.2) is 35.3 Å². The van der Waals surface area contributed by atoms with Crippen LogP contribution in [0.2, 0.25) is 0 Å². The monoisotopic (exact) mass is 323 g/mol. The Kier molecular flexibility index (Phi) is 3.53. The molecule has 0 unspecified atom stereocenters. The first-order chi connectivity index (χ1) is 11.5. The Bertz CT molecular complexity index is 793. The van der Waals surface area contributed by atoms with Crippen LogP contribution in [0.25, 0.3) is 11.3 Å². The molecule has 5 nitrogen and oxygen atoms in total. The Morgan fingerprint density at radius 3 is 2.62 bits per heavy atom. The number of aliphatic imine (C=N–C) groups is 1. The minimum Gasteiger partial charge on any atom is -0.508 e. The lowest BCUT2D eigenvalue weighted by molar-refractivity contribution is 0.0179. The molecule has 0 aliphatic carbocycles. The number of nitrogens with zero attached hydrogens (tertiary/aromatic N) is 2. The van der Waals surface area contributed by atoms with E-state index in [4.69, 9.17) is 9.72 Å². The smallest absolute Gasteiger partial charge is 0.132 e. The third-order valence-corrected chi connectivity index (χ3v) is 4.86. The molecule has 2 aliphatic rings. The number of phenols is 1. The maximum atomic E-state index is 9.49. The van der Waals surface area contributed by atoms with E-state index in [0.717, 1.165) is 41.4 Å². The Labute approximate surface area is 141 Å². The van der Waals surface area contributed by atoms with Gasteiger partial charge in [0.25, 0.3) is 0 Å². The first-order valence-corrected chi connectivity index (χ1v) is 8.26. The van der Waals surface area contributed by atoms with Crippen molar-refractivity contribution in [3.63, 3.8) is 0 Å². The average molecular weight is 323 g/mol. The van der Waals surface area contributed by atoms with Gasteiger partial charge in [0, 0.05) is 36.9 Å². The summed E-state index contributed by atoms with van der Waals surface area (Å²) in [6, 6.07) is 9.06. The van der Waals surface area contributed by atoms with E-state index in [2.05, 4.69) is 24.2 Å². The zero-order valence-corrected chi connectivity index (χ0v) is 13.9. The van der Waals surface area contributed by atoms with E-state index in [-0.39, 0.29) is 11.4 Å². The zero-order valence-electron chi connectivity index (χ0n) is 13.9. The van der Waals surface area contributed by atoms with E-state index < -0.39 is 0 Å². The lowest BCUT2D eigenvalue weighted by atomic mass is 9.86. The van der Waals surface area contributed by atoms with E-state index in [9.17, 15) is 5.11 Å². The fraction of sp³-hybridized carbons (Fsp3) is 0.368. The van der Waals surface area contributed by atoms with Crippen LogP contribution in [0.1, 0.15) is 25.1 Å². The number of phenolic OH excluding ortho intramolecular Hbond substituents is 1. The number of benzene rings is 1. The van der Waals surface area contributed by atoms with Crippen LogP contribution in [0.4, 0.5) is 0 Å². The SMILES string of the molecule is CC(C)(Oc1cc(-c2ccc(O)cc2)nc2c1C=NC2)C1CNC1. The fourth-order valence-electron chi connectivity index (χ4n) is 3.08. The summed E-state index contributed by atoms with van der Waals surface area (Å²) in [6.07, 6.45) is 1.85. The predicted octanol–water partition coefficient (Wildman–Crippen LogP) is 2.76. The van der Waals surface area contributed by atoms with Gasteiger partial charge in [0.15, 0.2) is 0 Å². The highest BCUT2D eigenvalue weighted by molar-refractivity contribution is 5.88. The van der Waals surface area contributed by atoms with Gasteiger partial charge in [-0.2, -0.15) is 0 Å². The van der Waals surface area contributed by atoms with Crippen molar-refractivity contribution in [1.82, 2.24) is 10.3 Å². The topological polar surface area (TPSA) is 66.7 Å². The molecule has 1 saturated heterocycles. The molecule has 1 aromatic carbocycles. The summed E-state index contributed by atoms with van der Waals surface area (Å²) in [4.78, 5) is 9.07. The van der Waals surface area contributed by atoms with Crippen LogP contribution < -0.4 is 10.1 Å². The Morgan fingerprint density at radius 2 is 1.96 bits per heavy atom. The molecule has 124 valence electrons. The average Bonchev–Trinajstić information content (AvgIpc) is 2.93. The number of fused-ring (bicyclic) bond motifs is 1. The number of hydrogen-bond donors (Lipinski definition) is 2. The van der Waals surface area contributed by atoms with Crippen LogP contribution in [0, 0.1) is 5.92 Å². The Hall–Kier alpha value is -2.40. The lowest BCUT2D eigenvalue weighted by Crippen LogP contribution is -2.55. The maximum Gasteiger partial charge on any atom is 0.132 e. The molecule has 0 bridgehead atoms. The van der Waals surface area contributed by atoms with Gasteiger partial charge in [0.2, 0.25) is 0 Å². The van der Waals surface area contributed by atoms with E-state index in [1.54, 1.807) is 12.1 Å². The second kappa shape index (κ2) is 5.60. The molecule has 0 atom stereocenters. The second-order valence-electron chi connectivity index (χ2n) is 6.94. The van der Waals surface area contributed by atoms with E-state index in [1.807, 2.05) is 24.4 Å². The van der Waals surface area contributed by atoms with E-state index in [0.29, 0.717) is 12.5 Å². The van der Waals surface area contributed by atoms with Gasteiger partial charge in [-0.1, -0.05) is 0 Å². The summed E-state index contributed by atoms with van der Waals surface area (Å²) in [6.45, 7) is 6.83. The van der Waals surface area contributed by atoms with Crippen molar-refractivity contribution in [3.05, 3.63) is 41.6 Å². The summed E-state index contributed by atoms with van der Waals surface area (Å²) >= 11 is 0. The fourth-order valence-corrected chi connectivity index (χ4v) is 3.08.